The molecule has 1 aliphatic rings. The van der Waals surface area contributed by atoms with E-state index in [4.69, 9.17) is 0 Å². The summed E-state index contributed by atoms with van der Waals surface area (Å²) in [4.78, 5) is 11.5. The molecule has 0 radical (unpaired) electrons. The molecule has 1 aromatic rings. The van der Waals surface area contributed by atoms with E-state index < -0.39 is 9.84 Å². The molecule has 0 saturated carbocycles. The Morgan fingerprint density at radius 1 is 1.39 bits per heavy atom. The van der Waals surface area contributed by atoms with E-state index in [9.17, 15) is 13.2 Å². The molecule has 0 atom stereocenters. The number of fused-ring (bicyclic) bond motifs is 1. The number of sulfone groups is 1. The second-order valence-corrected chi connectivity index (χ2v) is 6.43. The highest BCUT2D eigenvalue weighted by atomic mass is 32.2. The van der Waals surface area contributed by atoms with Crippen molar-refractivity contribution in [2.45, 2.75) is 17.7 Å². The second-order valence-electron chi connectivity index (χ2n) is 4.32. The molecule has 1 aliphatic heterocycles. The van der Waals surface area contributed by atoms with Gasteiger partial charge in [-0.1, -0.05) is 0 Å². The third-order valence-corrected chi connectivity index (χ3v) is 4.70. The Morgan fingerprint density at radius 3 is 2.89 bits per heavy atom. The molecular weight excluding hydrogens is 252 g/mol. The van der Waals surface area contributed by atoms with Crippen molar-refractivity contribution in [2.75, 3.05) is 24.7 Å². The zero-order valence-corrected chi connectivity index (χ0v) is 11.0. The number of carbonyl (C=O) groups is 1. The van der Waals surface area contributed by atoms with E-state index in [1.165, 1.54) is 0 Å². The highest BCUT2D eigenvalue weighted by Gasteiger charge is 2.21. The summed E-state index contributed by atoms with van der Waals surface area (Å²) >= 11 is 0. The van der Waals surface area contributed by atoms with Crippen LogP contribution in [-0.4, -0.2) is 33.7 Å². The summed E-state index contributed by atoms with van der Waals surface area (Å²) in [5.74, 6) is 0.0308. The van der Waals surface area contributed by atoms with E-state index in [0.717, 1.165) is 5.56 Å². The molecule has 0 bridgehead atoms. The molecule has 6 heteroatoms. The van der Waals surface area contributed by atoms with Crippen molar-refractivity contribution in [2.24, 2.45) is 0 Å². The Hall–Kier alpha value is -1.40. The molecule has 1 amide bonds. The predicted octanol–water partition coefficient (Wildman–Crippen LogP) is 0.564. The van der Waals surface area contributed by atoms with Crippen LogP contribution >= 0.6 is 0 Å². The van der Waals surface area contributed by atoms with Crippen molar-refractivity contribution >= 4 is 21.4 Å². The normalized spacial score (nSPS) is 14.4. The fourth-order valence-corrected chi connectivity index (χ4v) is 3.31. The van der Waals surface area contributed by atoms with Gasteiger partial charge >= 0.3 is 0 Å². The number of nitrogens with one attached hydrogen (secondary N) is 2. The molecule has 0 unspecified atom stereocenters. The third-order valence-electron chi connectivity index (χ3n) is 2.90. The molecule has 1 heterocycles. The third kappa shape index (κ3) is 2.70. The highest BCUT2D eigenvalue weighted by molar-refractivity contribution is 7.91. The van der Waals surface area contributed by atoms with Crippen molar-refractivity contribution in [1.29, 1.82) is 0 Å². The van der Waals surface area contributed by atoms with Crippen LogP contribution in [0.1, 0.15) is 12.0 Å². The molecular formula is C12H16N2O3S. The zero-order valence-electron chi connectivity index (χ0n) is 10.2. The lowest BCUT2D eigenvalue weighted by Crippen LogP contribution is -2.14. The maximum atomic E-state index is 12.1. The van der Waals surface area contributed by atoms with Gasteiger partial charge in [0.25, 0.3) is 0 Å². The predicted molar refractivity (Wildman–Crippen MR) is 69.4 cm³/mol. The van der Waals surface area contributed by atoms with Crippen molar-refractivity contribution < 1.29 is 13.2 Å². The molecule has 2 N–H and O–H groups in total. The highest BCUT2D eigenvalue weighted by Crippen LogP contribution is 2.26. The Morgan fingerprint density at radius 2 is 2.17 bits per heavy atom. The van der Waals surface area contributed by atoms with Crippen LogP contribution in [0.25, 0.3) is 0 Å². The van der Waals surface area contributed by atoms with Gasteiger partial charge in [0.1, 0.15) is 0 Å². The van der Waals surface area contributed by atoms with Crippen LogP contribution in [-0.2, 0) is 21.1 Å². The monoisotopic (exact) mass is 268 g/mol. The standard InChI is InChI=1S/C12H16N2O3S/c1-13-5-2-6-18(16,17)10-3-4-11-9(7-10)8-12(15)14-11/h3-4,7,13H,2,5-6,8H2,1H3,(H,14,15). The van der Waals surface area contributed by atoms with Crippen LogP contribution < -0.4 is 10.6 Å². The molecule has 1 aromatic carbocycles. The van der Waals surface area contributed by atoms with Crippen LogP contribution in [0.3, 0.4) is 0 Å². The first-order valence-corrected chi connectivity index (χ1v) is 7.48. The molecule has 5 nitrogen and oxygen atoms in total. The van der Waals surface area contributed by atoms with Gasteiger partial charge in [0, 0.05) is 5.69 Å². The van der Waals surface area contributed by atoms with Gasteiger partial charge in [0.2, 0.25) is 5.91 Å². The maximum Gasteiger partial charge on any atom is 0.228 e. The molecule has 0 aromatic heterocycles. The van der Waals surface area contributed by atoms with E-state index >= 15 is 0 Å². The summed E-state index contributed by atoms with van der Waals surface area (Å²) < 4.78 is 24.1. The first-order chi connectivity index (χ1) is 8.53. The first kappa shape index (κ1) is 13.0. The summed E-state index contributed by atoms with van der Waals surface area (Å²) in [5.41, 5.74) is 1.48. The van der Waals surface area contributed by atoms with Gasteiger partial charge in [-0.25, -0.2) is 8.42 Å². The summed E-state index contributed by atoms with van der Waals surface area (Å²) in [6.07, 6.45) is 0.836. The van der Waals surface area contributed by atoms with E-state index in [1.54, 1.807) is 25.2 Å². The Kier molecular flexibility index (Phi) is 3.68. The number of carbonyl (C=O) groups excluding carboxylic acids is 1. The maximum absolute atomic E-state index is 12.1. The number of hydrogen-bond donors (Lipinski definition) is 2. The Bertz CT molecular complexity index is 567. The molecule has 18 heavy (non-hydrogen) atoms. The van der Waals surface area contributed by atoms with Gasteiger partial charge in [-0.05, 0) is 43.8 Å². The summed E-state index contributed by atoms with van der Waals surface area (Å²) in [6, 6.07) is 4.81. The van der Waals surface area contributed by atoms with Gasteiger partial charge in [-0.15, -0.1) is 0 Å². The van der Waals surface area contributed by atoms with E-state index in [1.807, 2.05) is 0 Å². The van der Waals surface area contributed by atoms with Gasteiger partial charge in [0.05, 0.1) is 17.1 Å². The molecule has 0 saturated heterocycles. The fraction of sp³-hybridized carbons (Fsp3) is 0.417. The fourth-order valence-electron chi connectivity index (χ4n) is 1.96. The number of rotatable bonds is 5. The lowest BCUT2D eigenvalue weighted by Gasteiger charge is -2.06. The number of anilines is 1. The van der Waals surface area contributed by atoms with Crippen LogP contribution in [0.5, 0.6) is 0 Å². The minimum Gasteiger partial charge on any atom is -0.326 e. The summed E-state index contributed by atoms with van der Waals surface area (Å²) in [5, 5.41) is 5.60. The van der Waals surface area contributed by atoms with Crippen molar-refractivity contribution in [1.82, 2.24) is 5.32 Å². The lowest BCUT2D eigenvalue weighted by atomic mass is 10.2. The van der Waals surface area contributed by atoms with Crippen molar-refractivity contribution in [3.63, 3.8) is 0 Å². The average molecular weight is 268 g/mol. The first-order valence-electron chi connectivity index (χ1n) is 5.83. The van der Waals surface area contributed by atoms with Gasteiger partial charge in [-0.2, -0.15) is 0 Å². The zero-order chi connectivity index (χ0) is 13.2. The van der Waals surface area contributed by atoms with E-state index in [-0.39, 0.29) is 18.1 Å². The van der Waals surface area contributed by atoms with Crippen molar-refractivity contribution in [3.8, 4) is 0 Å². The van der Waals surface area contributed by atoms with Crippen LogP contribution in [0.15, 0.2) is 23.1 Å². The number of benzene rings is 1. The Balaban J connectivity index is 2.19. The summed E-state index contributed by atoms with van der Waals surface area (Å²) in [6.45, 7) is 0.671. The molecule has 2 rings (SSSR count). The summed E-state index contributed by atoms with van der Waals surface area (Å²) in [7, 11) is -1.46. The van der Waals surface area contributed by atoms with E-state index in [0.29, 0.717) is 23.5 Å². The minimum absolute atomic E-state index is 0.0882. The molecule has 0 spiro atoms. The quantitative estimate of drug-likeness (QED) is 0.765. The smallest absolute Gasteiger partial charge is 0.228 e. The largest absolute Gasteiger partial charge is 0.326 e. The second kappa shape index (κ2) is 5.07. The topological polar surface area (TPSA) is 75.3 Å². The van der Waals surface area contributed by atoms with Crippen LogP contribution in [0, 0.1) is 0 Å². The molecule has 98 valence electrons. The van der Waals surface area contributed by atoms with Crippen LogP contribution in [0.2, 0.25) is 0 Å². The van der Waals surface area contributed by atoms with Crippen molar-refractivity contribution in [3.05, 3.63) is 23.8 Å². The SMILES string of the molecule is CNCCCS(=O)(=O)c1ccc2c(c1)CC(=O)N2. The minimum atomic E-state index is -3.25. The number of hydrogen-bond acceptors (Lipinski definition) is 4. The number of amides is 1. The van der Waals surface area contributed by atoms with E-state index in [2.05, 4.69) is 10.6 Å². The lowest BCUT2D eigenvalue weighted by molar-refractivity contribution is -0.115. The molecule has 0 aliphatic carbocycles. The van der Waals surface area contributed by atoms with Gasteiger partial charge in [-0.3, -0.25) is 4.79 Å². The average Bonchev–Trinajstić information content (AvgIpc) is 2.68. The van der Waals surface area contributed by atoms with Gasteiger partial charge in [0.15, 0.2) is 9.84 Å². The van der Waals surface area contributed by atoms with Gasteiger partial charge < -0.3 is 10.6 Å². The Labute approximate surface area is 107 Å². The van der Waals surface area contributed by atoms with Crippen LogP contribution in [0.4, 0.5) is 5.69 Å². The molecule has 0 fully saturated rings.